The average Bonchev–Trinajstić information content (AvgIpc) is 3.29. The number of likely N-dealkylation sites (tertiary alicyclic amines) is 1. The van der Waals surface area contributed by atoms with Crippen LogP contribution in [-0.2, 0) is 16.8 Å². The second-order valence-electron chi connectivity index (χ2n) is 6.86. The number of carbonyl (C=O) groups is 1. The highest BCUT2D eigenvalue weighted by Gasteiger charge is 2.42. The number of hydrogen-bond donors (Lipinski definition) is 1. The normalized spacial score (nSPS) is 19.4. The lowest BCUT2D eigenvalue weighted by Gasteiger charge is -2.37. The molecule has 1 saturated heterocycles. The largest absolute Gasteiger partial charge is 0.497 e. The van der Waals surface area contributed by atoms with E-state index in [1.165, 1.54) is 0 Å². The zero-order valence-corrected chi connectivity index (χ0v) is 15.4. The molecular weight excluding hydrogens is 334 g/mol. The Kier molecular flexibility index (Phi) is 5.27. The standard InChI is InChI=1S/C19H25N3O4/c1-13-20-17(26-21-13)10-11-18(23)22-12-4-5-16(22)19(2,24)14-6-8-15(25-3)9-7-14/h6-9,16,24H,4-5,10-12H2,1-3H3. The van der Waals surface area contributed by atoms with E-state index in [1.807, 2.05) is 24.3 Å². The van der Waals surface area contributed by atoms with Gasteiger partial charge in [0.05, 0.1) is 13.2 Å². The molecule has 2 atom stereocenters. The molecule has 2 heterocycles. The lowest BCUT2D eigenvalue weighted by atomic mass is 9.86. The van der Waals surface area contributed by atoms with E-state index in [4.69, 9.17) is 9.26 Å². The Labute approximate surface area is 153 Å². The van der Waals surface area contributed by atoms with Gasteiger partial charge in [-0.3, -0.25) is 4.79 Å². The van der Waals surface area contributed by atoms with Crippen LogP contribution < -0.4 is 4.74 Å². The van der Waals surface area contributed by atoms with Gasteiger partial charge in [-0.15, -0.1) is 0 Å². The zero-order valence-electron chi connectivity index (χ0n) is 15.4. The van der Waals surface area contributed by atoms with E-state index < -0.39 is 5.60 Å². The summed E-state index contributed by atoms with van der Waals surface area (Å²) in [6.07, 6.45) is 2.34. The Morgan fingerprint density at radius 1 is 1.42 bits per heavy atom. The van der Waals surface area contributed by atoms with Gasteiger partial charge in [-0.2, -0.15) is 4.98 Å². The molecule has 0 bridgehead atoms. The quantitative estimate of drug-likeness (QED) is 0.851. The predicted octanol–water partition coefficient (Wildman–Crippen LogP) is 2.22. The van der Waals surface area contributed by atoms with Crippen LogP contribution in [0.25, 0.3) is 0 Å². The molecular formula is C19H25N3O4. The molecule has 26 heavy (non-hydrogen) atoms. The van der Waals surface area contributed by atoms with Crippen molar-refractivity contribution in [1.29, 1.82) is 0 Å². The number of rotatable bonds is 6. The van der Waals surface area contributed by atoms with Crippen LogP contribution in [0.5, 0.6) is 5.75 Å². The molecule has 1 aliphatic rings. The van der Waals surface area contributed by atoms with Crippen molar-refractivity contribution in [2.75, 3.05) is 13.7 Å². The Morgan fingerprint density at radius 2 is 2.15 bits per heavy atom. The summed E-state index contributed by atoms with van der Waals surface area (Å²) in [5.41, 5.74) is -0.352. The minimum atomic E-state index is -1.13. The molecule has 1 amide bonds. The third-order valence-electron chi connectivity index (χ3n) is 5.02. The number of hydrogen-bond acceptors (Lipinski definition) is 6. The van der Waals surface area contributed by atoms with Gasteiger partial charge in [0.15, 0.2) is 5.82 Å². The Morgan fingerprint density at radius 3 is 2.77 bits per heavy atom. The van der Waals surface area contributed by atoms with E-state index in [-0.39, 0.29) is 18.4 Å². The number of benzene rings is 1. The summed E-state index contributed by atoms with van der Waals surface area (Å²) < 4.78 is 10.2. The van der Waals surface area contributed by atoms with Crippen LogP contribution in [0, 0.1) is 6.92 Å². The highest BCUT2D eigenvalue weighted by atomic mass is 16.5. The number of aryl methyl sites for hydroxylation is 2. The fraction of sp³-hybridized carbons (Fsp3) is 0.526. The highest BCUT2D eigenvalue weighted by Crippen LogP contribution is 2.35. The SMILES string of the molecule is COc1ccc(C(C)(O)C2CCCN2C(=O)CCc2nc(C)no2)cc1. The van der Waals surface area contributed by atoms with E-state index >= 15 is 0 Å². The van der Waals surface area contributed by atoms with Crippen LogP contribution in [-0.4, -0.2) is 45.8 Å². The molecule has 2 unspecified atom stereocenters. The number of aromatic nitrogens is 2. The minimum absolute atomic E-state index is 0.00265. The molecule has 0 radical (unpaired) electrons. The van der Waals surface area contributed by atoms with Gasteiger partial charge in [-0.1, -0.05) is 17.3 Å². The molecule has 1 fully saturated rings. The van der Waals surface area contributed by atoms with Crippen LogP contribution in [0.2, 0.25) is 0 Å². The van der Waals surface area contributed by atoms with Crippen molar-refractivity contribution in [3.05, 3.63) is 41.5 Å². The molecule has 1 N–H and O–H groups in total. The molecule has 0 aliphatic carbocycles. The number of amides is 1. The van der Waals surface area contributed by atoms with Crippen molar-refractivity contribution in [3.8, 4) is 5.75 Å². The first-order valence-corrected chi connectivity index (χ1v) is 8.87. The zero-order chi connectivity index (χ0) is 18.7. The van der Waals surface area contributed by atoms with Gasteiger partial charge in [-0.05, 0) is 44.4 Å². The monoisotopic (exact) mass is 359 g/mol. The third kappa shape index (κ3) is 3.72. The smallest absolute Gasteiger partial charge is 0.227 e. The van der Waals surface area contributed by atoms with Crippen LogP contribution in [0.1, 0.15) is 43.5 Å². The summed E-state index contributed by atoms with van der Waals surface area (Å²) in [6.45, 7) is 4.17. The third-order valence-corrected chi connectivity index (χ3v) is 5.02. The highest BCUT2D eigenvalue weighted by molar-refractivity contribution is 5.77. The van der Waals surface area contributed by atoms with E-state index in [1.54, 1.807) is 25.9 Å². The van der Waals surface area contributed by atoms with Crippen molar-refractivity contribution in [2.24, 2.45) is 0 Å². The predicted molar refractivity (Wildman–Crippen MR) is 94.7 cm³/mol. The molecule has 0 saturated carbocycles. The summed E-state index contributed by atoms with van der Waals surface area (Å²) in [7, 11) is 1.61. The molecule has 7 heteroatoms. The lowest BCUT2D eigenvalue weighted by Crippen LogP contribution is -2.48. The number of methoxy groups -OCH3 is 1. The molecule has 1 aliphatic heterocycles. The van der Waals surface area contributed by atoms with Crippen LogP contribution in [0.3, 0.4) is 0 Å². The lowest BCUT2D eigenvalue weighted by molar-refractivity contribution is -0.137. The molecule has 7 nitrogen and oxygen atoms in total. The summed E-state index contributed by atoms with van der Waals surface area (Å²) >= 11 is 0. The van der Waals surface area contributed by atoms with E-state index in [9.17, 15) is 9.90 Å². The van der Waals surface area contributed by atoms with Crippen molar-refractivity contribution >= 4 is 5.91 Å². The number of ether oxygens (including phenoxy) is 1. The molecule has 1 aromatic heterocycles. The Bertz CT molecular complexity index is 754. The molecule has 140 valence electrons. The summed E-state index contributed by atoms with van der Waals surface area (Å²) in [5, 5.41) is 14.9. The maximum atomic E-state index is 12.7. The molecule has 2 aromatic rings. The summed E-state index contributed by atoms with van der Waals surface area (Å²) in [6, 6.07) is 7.08. The fourth-order valence-electron chi connectivity index (χ4n) is 3.57. The van der Waals surface area contributed by atoms with Crippen molar-refractivity contribution in [2.45, 2.75) is 51.2 Å². The van der Waals surface area contributed by atoms with E-state index in [0.29, 0.717) is 24.7 Å². The maximum Gasteiger partial charge on any atom is 0.227 e. The van der Waals surface area contributed by atoms with Gasteiger partial charge in [0.25, 0.3) is 0 Å². The fourth-order valence-corrected chi connectivity index (χ4v) is 3.57. The molecule has 3 rings (SSSR count). The molecule has 0 spiro atoms. The first-order valence-electron chi connectivity index (χ1n) is 8.87. The molecule has 1 aromatic carbocycles. The minimum Gasteiger partial charge on any atom is -0.497 e. The van der Waals surface area contributed by atoms with Gasteiger partial charge in [0.1, 0.15) is 11.4 Å². The van der Waals surface area contributed by atoms with Gasteiger partial charge in [0, 0.05) is 19.4 Å². The average molecular weight is 359 g/mol. The van der Waals surface area contributed by atoms with E-state index in [2.05, 4.69) is 10.1 Å². The Balaban J connectivity index is 1.70. The summed E-state index contributed by atoms with van der Waals surface area (Å²) in [4.78, 5) is 18.6. The number of nitrogens with zero attached hydrogens (tertiary/aromatic N) is 3. The van der Waals surface area contributed by atoms with Crippen molar-refractivity contribution < 1.29 is 19.2 Å². The van der Waals surface area contributed by atoms with Gasteiger partial charge < -0.3 is 19.3 Å². The van der Waals surface area contributed by atoms with Crippen molar-refractivity contribution in [1.82, 2.24) is 15.0 Å². The van der Waals surface area contributed by atoms with Crippen LogP contribution in [0.15, 0.2) is 28.8 Å². The number of carbonyl (C=O) groups excluding carboxylic acids is 1. The maximum absolute atomic E-state index is 12.7. The second kappa shape index (κ2) is 7.45. The van der Waals surface area contributed by atoms with Crippen LogP contribution in [0.4, 0.5) is 0 Å². The first kappa shape index (κ1) is 18.4. The second-order valence-corrected chi connectivity index (χ2v) is 6.86. The van der Waals surface area contributed by atoms with Crippen LogP contribution >= 0.6 is 0 Å². The Hall–Kier alpha value is -2.41. The topological polar surface area (TPSA) is 88.7 Å². The number of aliphatic hydroxyl groups is 1. The first-order chi connectivity index (χ1) is 12.4. The van der Waals surface area contributed by atoms with Gasteiger partial charge in [0.2, 0.25) is 11.8 Å². The van der Waals surface area contributed by atoms with Gasteiger partial charge >= 0.3 is 0 Å². The van der Waals surface area contributed by atoms with Crippen molar-refractivity contribution in [3.63, 3.8) is 0 Å². The van der Waals surface area contributed by atoms with E-state index in [0.717, 1.165) is 24.2 Å². The summed E-state index contributed by atoms with van der Waals surface area (Å²) in [5.74, 6) is 1.76. The van der Waals surface area contributed by atoms with Gasteiger partial charge in [-0.25, -0.2) is 0 Å².